The lowest BCUT2D eigenvalue weighted by Gasteiger charge is -2.20. The molecule has 152 valence electrons. The van der Waals surface area contributed by atoms with Crippen molar-refractivity contribution in [3.05, 3.63) is 54.1 Å². The van der Waals surface area contributed by atoms with Crippen LogP contribution in [0.1, 0.15) is 12.5 Å². The van der Waals surface area contributed by atoms with Gasteiger partial charge in [-0.25, -0.2) is 8.42 Å². The number of hydrogen-bond donors (Lipinski definition) is 1. The molecule has 10 heteroatoms. The molecule has 2 rings (SSSR count). The molecule has 0 aromatic heterocycles. The number of amides is 1. The molecule has 0 fully saturated rings. The van der Waals surface area contributed by atoms with Crippen LogP contribution in [0, 0.1) is 0 Å². The van der Waals surface area contributed by atoms with Gasteiger partial charge in [0.1, 0.15) is 5.75 Å². The molecule has 0 heterocycles. The van der Waals surface area contributed by atoms with Crippen molar-refractivity contribution in [2.24, 2.45) is 0 Å². The van der Waals surface area contributed by atoms with Crippen molar-refractivity contribution in [2.75, 3.05) is 25.5 Å². The first-order valence-corrected chi connectivity index (χ1v) is 9.63. The average molecular weight is 416 g/mol. The Morgan fingerprint density at radius 2 is 1.79 bits per heavy atom. The van der Waals surface area contributed by atoms with Crippen LogP contribution in [0.5, 0.6) is 5.75 Å². The third-order valence-corrected chi connectivity index (χ3v) is 5.76. The second kappa shape index (κ2) is 8.61. The van der Waals surface area contributed by atoms with Crippen LogP contribution in [0.25, 0.3) is 0 Å². The normalized spacial score (nSPS) is 12.1. The average Bonchev–Trinajstić information content (AvgIpc) is 2.66. The molecule has 0 atom stereocenters. The van der Waals surface area contributed by atoms with E-state index in [9.17, 15) is 26.4 Å². The van der Waals surface area contributed by atoms with E-state index >= 15 is 0 Å². The van der Waals surface area contributed by atoms with Crippen LogP contribution in [0.2, 0.25) is 0 Å². The molecule has 0 bridgehead atoms. The molecule has 0 saturated carbocycles. The Balaban J connectivity index is 2.17. The third kappa shape index (κ3) is 5.23. The minimum Gasteiger partial charge on any atom is -0.497 e. The van der Waals surface area contributed by atoms with Gasteiger partial charge in [-0.15, -0.1) is 0 Å². The van der Waals surface area contributed by atoms with Gasteiger partial charge in [0.15, 0.2) is 0 Å². The molecule has 0 saturated heterocycles. The molecule has 1 N–H and O–H groups in total. The second-order valence-electron chi connectivity index (χ2n) is 5.73. The number of halogens is 3. The van der Waals surface area contributed by atoms with E-state index in [4.69, 9.17) is 4.74 Å². The van der Waals surface area contributed by atoms with E-state index in [1.54, 1.807) is 24.3 Å². The van der Waals surface area contributed by atoms with E-state index in [-0.39, 0.29) is 6.54 Å². The number of hydrogen-bond acceptors (Lipinski definition) is 4. The van der Waals surface area contributed by atoms with E-state index in [2.05, 4.69) is 5.32 Å². The van der Waals surface area contributed by atoms with Crippen molar-refractivity contribution in [1.29, 1.82) is 0 Å². The van der Waals surface area contributed by atoms with Crippen LogP contribution < -0.4 is 10.1 Å². The number of carbonyl (C=O) groups is 1. The standard InChI is InChI=1S/C18H19F3N2O4S/c1-3-23(12-17(24)22-14-7-9-15(27-2)10-8-14)28(25,26)16-6-4-5-13(11-16)18(19,20)21/h4-11H,3,12H2,1-2H3,(H,22,24). The number of nitrogens with one attached hydrogen (secondary N) is 1. The van der Waals surface area contributed by atoms with Crippen LogP contribution in [-0.2, 0) is 21.0 Å². The number of nitrogens with zero attached hydrogens (tertiary/aromatic N) is 1. The van der Waals surface area contributed by atoms with Crippen LogP contribution in [0.15, 0.2) is 53.4 Å². The molecule has 28 heavy (non-hydrogen) atoms. The number of ether oxygens (including phenoxy) is 1. The smallest absolute Gasteiger partial charge is 0.416 e. The van der Waals surface area contributed by atoms with E-state index in [0.717, 1.165) is 22.5 Å². The van der Waals surface area contributed by atoms with Gasteiger partial charge in [0.25, 0.3) is 0 Å². The van der Waals surface area contributed by atoms with Gasteiger partial charge in [-0.2, -0.15) is 17.5 Å². The Morgan fingerprint density at radius 3 is 2.32 bits per heavy atom. The summed E-state index contributed by atoms with van der Waals surface area (Å²) in [5, 5.41) is 2.54. The lowest BCUT2D eigenvalue weighted by atomic mass is 10.2. The van der Waals surface area contributed by atoms with E-state index in [0.29, 0.717) is 17.5 Å². The maximum Gasteiger partial charge on any atom is 0.416 e. The molecular weight excluding hydrogens is 397 g/mol. The molecule has 0 aliphatic rings. The highest BCUT2D eigenvalue weighted by atomic mass is 32.2. The maximum absolute atomic E-state index is 12.9. The maximum atomic E-state index is 12.9. The molecule has 2 aromatic carbocycles. The zero-order chi connectivity index (χ0) is 20.9. The number of anilines is 1. The Bertz CT molecular complexity index is 929. The summed E-state index contributed by atoms with van der Waals surface area (Å²) < 4.78 is 69.8. The van der Waals surface area contributed by atoms with Crippen molar-refractivity contribution >= 4 is 21.6 Å². The Morgan fingerprint density at radius 1 is 1.14 bits per heavy atom. The summed E-state index contributed by atoms with van der Waals surface area (Å²) in [5.41, 5.74) is -0.648. The van der Waals surface area contributed by atoms with Crippen LogP contribution in [-0.4, -0.2) is 38.8 Å². The number of rotatable bonds is 7. The largest absolute Gasteiger partial charge is 0.497 e. The van der Waals surface area contributed by atoms with E-state index < -0.39 is 39.1 Å². The van der Waals surface area contributed by atoms with Crippen LogP contribution >= 0.6 is 0 Å². The van der Waals surface area contributed by atoms with E-state index in [1.807, 2.05) is 0 Å². The summed E-state index contributed by atoms with van der Waals surface area (Å²) in [6.45, 7) is 0.863. The number of alkyl halides is 3. The molecule has 2 aromatic rings. The first-order valence-electron chi connectivity index (χ1n) is 8.19. The first-order chi connectivity index (χ1) is 13.1. The van der Waals surface area contributed by atoms with Gasteiger partial charge in [0.05, 0.1) is 24.1 Å². The topological polar surface area (TPSA) is 75.7 Å². The summed E-state index contributed by atoms with van der Waals surface area (Å²) >= 11 is 0. The molecule has 0 spiro atoms. The van der Waals surface area contributed by atoms with Gasteiger partial charge in [0, 0.05) is 12.2 Å². The monoisotopic (exact) mass is 416 g/mol. The lowest BCUT2D eigenvalue weighted by molar-refractivity contribution is -0.137. The van der Waals surface area contributed by atoms with Crippen molar-refractivity contribution in [1.82, 2.24) is 4.31 Å². The summed E-state index contributed by atoms with van der Waals surface area (Å²) in [5.74, 6) is -0.0390. The van der Waals surface area contributed by atoms with Gasteiger partial charge < -0.3 is 10.1 Å². The van der Waals surface area contributed by atoms with Crippen LogP contribution in [0.3, 0.4) is 0 Å². The first kappa shape index (κ1) is 21.7. The van der Waals surface area contributed by atoms with Gasteiger partial charge >= 0.3 is 6.18 Å². The number of methoxy groups -OCH3 is 1. The van der Waals surface area contributed by atoms with Crippen LogP contribution in [0.4, 0.5) is 18.9 Å². The minimum absolute atomic E-state index is 0.0887. The zero-order valence-corrected chi connectivity index (χ0v) is 16.0. The molecule has 0 aliphatic carbocycles. The summed E-state index contributed by atoms with van der Waals surface area (Å²) in [4.78, 5) is 11.7. The predicted molar refractivity (Wildman–Crippen MR) is 97.5 cm³/mol. The highest BCUT2D eigenvalue weighted by molar-refractivity contribution is 7.89. The Kier molecular flexibility index (Phi) is 6.68. The molecule has 1 amide bonds. The number of carbonyl (C=O) groups excluding carboxylic acids is 1. The van der Waals surface area contributed by atoms with Crippen molar-refractivity contribution < 1.29 is 31.1 Å². The molecule has 0 radical (unpaired) electrons. The zero-order valence-electron chi connectivity index (χ0n) is 15.2. The van der Waals surface area contributed by atoms with Crippen molar-refractivity contribution in [3.63, 3.8) is 0 Å². The SMILES string of the molecule is CCN(CC(=O)Nc1ccc(OC)cc1)S(=O)(=O)c1cccc(C(F)(F)F)c1. The molecular formula is C18H19F3N2O4S. The number of sulfonamides is 1. The molecule has 0 unspecified atom stereocenters. The van der Waals surface area contributed by atoms with Gasteiger partial charge in [-0.3, -0.25) is 4.79 Å². The molecule has 0 aliphatic heterocycles. The lowest BCUT2D eigenvalue weighted by Crippen LogP contribution is -2.37. The highest BCUT2D eigenvalue weighted by Crippen LogP contribution is 2.31. The third-order valence-electron chi connectivity index (χ3n) is 3.85. The highest BCUT2D eigenvalue weighted by Gasteiger charge is 2.33. The van der Waals surface area contributed by atoms with Crippen molar-refractivity contribution in [3.8, 4) is 5.75 Å². The van der Waals surface area contributed by atoms with Gasteiger partial charge in [-0.1, -0.05) is 13.0 Å². The Labute approximate surface area is 161 Å². The second-order valence-corrected chi connectivity index (χ2v) is 7.67. The summed E-state index contributed by atoms with van der Waals surface area (Å²) in [6.07, 6.45) is -4.67. The fraction of sp³-hybridized carbons (Fsp3) is 0.278. The fourth-order valence-electron chi connectivity index (χ4n) is 2.38. The van der Waals surface area contributed by atoms with Crippen molar-refractivity contribution in [2.45, 2.75) is 18.0 Å². The van der Waals surface area contributed by atoms with E-state index in [1.165, 1.54) is 14.0 Å². The predicted octanol–water partition coefficient (Wildman–Crippen LogP) is 3.36. The number of likely N-dealkylation sites (N-methyl/N-ethyl adjacent to an activating group) is 1. The summed E-state index contributed by atoms with van der Waals surface area (Å²) in [7, 11) is -2.79. The van der Waals surface area contributed by atoms with Gasteiger partial charge in [-0.05, 0) is 42.5 Å². The minimum atomic E-state index is -4.67. The Hall–Kier alpha value is -2.59. The number of benzene rings is 2. The molecule has 6 nitrogen and oxygen atoms in total. The summed E-state index contributed by atoms with van der Waals surface area (Å²) in [6, 6.07) is 9.81. The quantitative estimate of drug-likeness (QED) is 0.751. The fourth-order valence-corrected chi connectivity index (χ4v) is 3.84. The van der Waals surface area contributed by atoms with Gasteiger partial charge in [0.2, 0.25) is 15.9 Å².